The Morgan fingerprint density at radius 3 is 2.43 bits per heavy atom. The smallest absolute Gasteiger partial charge is 0.257 e. The number of fused-ring (bicyclic) bond motifs is 2. The molecule has 5 aromatic rings. The number of rotatable bonds is 6. The van der Waals surface area contributed by atoms with E-state index in [0.29, 0.717) is 40.7 Å². The molecule has 2 heterocycles. The number of aromatic nitrogens is 3. The summed E-state index contributed by atoms with van der Waals surface area (Å²) in [5.41, 5.74) is 10.1. The first-order valence-corrected chi connectivity index (χ1v) is 11.0. The molecule has 3 aromatic carbocycles. The van der Waals surface area contributed by atoms with Crippen LogP contribution in [-0.4, -0.2) is 43.5 Å². The van der Waals surface area contributed by atoms with Crippen LogP contribution in [0, 0.1) is 0 Å². The SMILES string of the molecule is Nc1c(C(=O)NCCc2ccccc2)c2nc3ccccc3nc2n1/N=C/c1ccc(O)c(O)c1. The monoisotopic (exact) mass is 466 g/mol. The molecule has 2 aromatic heterocycles. The number of carbonyl (C=O) groups excluding carboxylic acids is 1. The van der Waals surface area contributed by atoms with Crippen LogP contribution in [0.4, 0.5) is 5.82 Å². The van der Waals surface area contributed by atoms with Crippen molar-refractivity contribution in [2.75, 3.05) is 12.3 Å². The van der Waals surface area contributed by atoms with Crippen LogP contribution in [0.5, 0.6) is 11.5 Å². The van der Waals surface area contributed by atoms with Crippen LogP contribution in [0.1, 0.15) is 21.5 Å². The first-order chi connectivity index (χ1) is 17.0. The minimum atomic E-state index is -0.371. The maximum atomic E-state index is 13.2. The lowest BCUT2D eigenvalue weighted by Gasteiger charge is -2.06. The maximum Gasteiger partial charge on any atom is 0.257 e. The van der Waals surface area contributed by atoms with Crippen molar-refractivity contribution in [1.29, 1.82) is 0 Å². The van der Waals surface area contributed by atoms with E-state index in [1.807, 2.05) is 54.6 Å². The van der Waals surface area contributed by atoms with Crippen molar-refractivity contribution < 1.29 is 15.0 Å². The second kappa shape index (κ2) is 9.14. The largest absolute Gasteiger partial charge is 0.504 e. The number of amides is 1. The summed E-state index contributed by atoms with van der Waals surface area (Å²) in [6.07, 6.45) is 2.12. The Labute approximate surface area is 200 Å². The Bertz CT molecular complexity index is 1580. The summed E-state index contributed by atoms with van der Waals surface area (Å²) in [6.45, 7) is 0.423. The third-order valence-electron chi connectivity index (χ3n) is 5.56. The first-order valence-electron chi connectivity index (χ1n) is 11.0. The number of phenols is 2. The number of hydrogen-bond donors (Lipinski definition) is 4. The van der Waals surface area contributed by atoms with Gasteiger partial charge in [-0.05, 0) is 47.9 Å². The quantitative estimate of drug-likeness (QED) is 0.223. The number of phenolic OH excluding ortho intramolecular Hbond substituents is 2. The molecule has 0 saturated heterocycles. The lowest BCUT2D eigenvalue weighted by molar-refractivity contribution is 0.0956. The van der Waals surface area contributed by atoms with Crippen molar-refractivity contribution in [3.05, 3.63) is 89.5 Å². The maximum absolute atomic E-state index is 13.2. The molecule has 0 aliphatic heterocycles. The number of benzene rings is 3. The van der Waals surface area contributed by atoms with E-state index in [4.69, 9.17) is 5.73 Å². The minimum Gasteiger partial charge on any atom is -0.504 e. The van der Waals surface area contributed by atoms with E-state index in [-0.39, 0.29) is 28.8 Å². The van der Waals surface area contributed by atoms with E-state index >= 15 is 0 Å². The Morgan fingerprint density at radius 1 is 0.971 bits per heavy atom. The molecule has 5 N–H and O–H groups in total. The predicted octanol–water partition coefficient (Wildman–Crippen LogP) is 3.43. The molecule has 0 aliphatic rings. The van der Waals surface area contributed by atoms with Gasteiger partial charge >= 0.3 is 0 Å². The molecule has 35 heavy (non-hydrogen) atoms. The Balaban J connectivity index is 1.54. The fraction of sp³-hybridized carbons (Fsp3) is 0.0769. The van der Waals surface area contributed by atoms with E-state index in [1.165, 1.54) is 23.0 Å². The van der Waals surface area contributed by atoms with E-state index in [0.717, 1.165) is 5.56 Å². The van der Waals surface area contributed by atoms with Gasteiger partial charge in [-0.3, -0.25) is 4.79 Å². The molecule has 0 atom stereocenters. The fourth-order valence-electron chi connectivity index (χ4n) is 3.79. The number of carbonyl (C=O) groups is 1. The van der Waals surface area contributed by atoms with Crippen LogP contribution in [-0.2, 0) is 6.42 Å². The van der Waals surface area contributed by atoms with E-state index < -0.39 is 0 Å². The molecule has 174 valence electrons. The predicted molar refractivity (Wildman–Crippen MR) is 135 cm³/mol. The van der Waals surface area contributed by atoms with Gasteiger partial charge in [0.25, 0.3) is 5.91 Å². The summed E-state index contributed by atoms with van der Waals surface area (Å²) in [6, 6.07) is 21.5. The van der Waals surface area contributed by atoms with E-state index in [2.05, 4.69) is 20.4 Å². The van der Waals surface area contributed by atoms with Crippen LogP contribution < -0.4 is 11.1 Å². The van der Waals surface area contributed by atoms with Crippen molar-refractivity contribution in [2.45, 2.75) is 6.42 Å². The molecule has 0 fully saturated rings. The third-order valence-corrected chi connectivity index (χ3v) is 5.56. The molecular weight excluding hydrogens is 444 g/mol. The normalized spacial score (nSPS) is 11.4. The topological polar surface area (TPSA) is 139 Å². The van der Waals surface area contributed by atoms with Crippen LogP contribution in [0.15, 0.2) is 77.9 Å². The van der Waals surface area contributed by atoms with Gasteiger partial charge < -0.3 is 21.3 Å². The summed E-state index contributed by atoms with van der Waals surface area (Å²) < 4.78 is 1.35. The zero-order valence-electron chi connectivity index (χ0n) is 18.6. The number of nitrogen functional groups attached to an aromatic ring is 1. The molecule has 0 radical (unpaired) electrons. The molecule has 0 unspecified atom stereocenters. The van der Waals surface area contributed by atoms with Gasteiger partial charge in [0.05, 0.1) is 17.2 Å². The van der Waals surface area contributed by atoms with Gasteiger partial charge in [-0.15, -0.1) is 0 Å². The van der Waals surface area contributed by atoms with Gasteiger partial charge in [0.1, 0.15) is 16.9 Å². The number of nitrogens with two attached hydrogens (primary N) is 1. The number of nitrogens with one attached hydrogen (secondary N) is 1. The van der Waals surface area contributed by atoms with E-state index in [9.17, 15) is 15.0 Å². The molecular formula is C26H22N6O3. The first kappa shape index (κ1) is 21.9. The highest BCUT2D eigenvalue weighted by Crippen LogP contribution is 2.28. The van der Waals surface area contributed by atoms with Crippen LogP contribution in [0.2, 0.25) is 0 Å². The number of hydrogen-bond acceptors (Lipinski definition) is 7. The second-order valence-electron chi connectivity index (χ2n) is 7.94. The van der Waals surface area contributed by atoms with Gasteiger partial charge in [0.2, 0.25) is 0 Å². The molecule has 0 aliphatic carbocycles. The van der Waals surface area contributed by atoms with Crippen molar-refractivity contribution in [2.24, 2.45) is 5.10 Å². The molecule has 0 bridgehead atoms. The summed E-state index contributed by atoms with van der Waals surface area (Å²) in [5.74, 6) is -0.792. The average Bonchev–Trinajstić information content (AvgIpc) is 3.14. The highest BCUT2D eigenvalue weighted by atomic mass is 16.3. The highest BCUT2D eigenvalue weighted by molar-refractivity contribution is 6.10. The van der Waals surface area contributed by atoms with Crippen LogP contribution >= 0.6 is 0 Å². The Kier molecular flexibility index (Phi) is 5.72. The summed E-state index contributed by atoms with van der Waals surface area (Å²) in [5, 5.41) is 26.6. The number of aromatic hydroxyl groups is 2. The van der Waals surface area contributed by atoms with Gasteiger partial charge in [0, 0.05) is 6.54 Å². The van der Waals surface area contributed by atoms with Gasteiger partial charge in [-0.25, -0.2) is 9.97 Å². The molecule has 0 saturated carbocycles. The number of anilines is 1. The van der Waals surface area contributed by atoms with Crippen molar-refractivity contribution >= 4 is 40.1 Å². The molecule has 0 spiro atoms. The third kappa shape index (κ3) is 4.34. The summed E-state index contributed by atoms with van der Waals surface area (Å²) in [7, 11) is 0. The zero-order chi connectivity index (χ0) is 24.4. The molecule has 9 nitrogen and oxygen atoms in total. The molecule has 5 rings (SSSR count). The van der Waals surface area contributed by atoms with Gasteiger partial charge in [0.15, 0.2) is 17.1 Å². The zero-order valence-corrected chi connectivity index (χ0v) is 18.6. The lowest BCUT2D eigenvalue weighted by Crippen LogP contribution is -2.26. The molecule has 9 heteroatoms. The summed E-state index contributed by atoms with van der Waals surface area (Å²) >= 11 is 0. The average molecular weight is 467 g/mol. The van der Waals surface area contributed by atoms with Crippen LogP contribution in [0.3, 0.4) is 0 Å². The fourth-order valence-corrected chi connectivity index (χ4v) is 3.79. The van der Waals surface area contributed by atoms with Crippen molar-refractivity contribution in [3.8, 4) is 11.5 Å². The second-order valence-corrected chi connectivity index (χ2v) is 7.94. The Hall–Kier alpha value is -4.92. The van der Waals surface area contributed by atoms with Crippen molar-refractivity contribution in [3.63, 3.8) is 0 Å². The standard InChI is InChI=1S/C26H22N6O3/c27-24-22(26(35)28-13-12-16-6-2-1-3-7-16)23-25(31-19-9-5-4-8-18(19)30-23)32(24)29-15-17-10-11-20(33)21(34)14-17/h1-11,14-15,33-34H,12-13,27H2,(H,28,35)/b29-15+. The summed E-state index contributed by atoms with van der Waals surface area (Å²) in [4.78, 5) is 22.5. The highest BCUT2D eigenvalue weighted by Gasteiger charge is 2.24. The van der Waals surface area contributed by atoms with Crippen LogP contribution in [0.25, 0.3) is 22.2 Å². The Morgan fingerprint density at radius 2 is 1.69 bits per heavy atom. The lowest BCUT2D eigenvalue weighted by atomic mass is 10.1. The van der Waals surface area contributed by atoms with Gasteiger partial charge in [-0.1, -0.05) is 42.5 Å². The van der Waals surface area contributed by atoms with Gasteiger partial charge in [-0.2, -0.15) is 9.78 Å². The minimum absolute atomic E-state index is 0.0896. The van der Waals surface area contributed by atoms with E-state index in [1.54, 1.807) is 6.07 Å². The number of para-hydroxylation sites is 2. The number of nitrogens with zero attached hydrogens (tertiary/aromatic N) is 4. The van der Waals surface area contributed by atoms with Crippen molar-refractivity contribution in [1.82, 2.24) is 20.0 Å². The molecule has 1 amide bonds.